The van der Waals surface area contributed by atoms with Crippen LogP contribution in [0.5, 0.6) is 0 Å². The summed E-state index contributed by atoms with van der Waals surface area (Å²) >= 11 is 6.22. The lowest BCUT2D eigenvalue weighted by molar-refractivity contribution is -0.119. The minimum absolute atomic E-state index is 0.0978. The summed E-state index contributed by atoms with van der Waals surface area (Å²) in [5.41, 5.74) is 3.92. The number of hydrogen-bond donors (Lipinski definition) is 2. The first-order chi connectivity index (χ1) is 12.6. The molecule has 0 spiro atoms. The molecular weight excluding hydrogens is 344 g/mol. The number of carbonyl (C=O) groups is 1. The number of nitrogens with one attached hydrogen (secondary N) is 2. The van der Waals surface area contributed by atoms with Gasteiger partial charge in [-0.1, -0.05) is 78.3 Å². The molecule has 132 valence electrons. The predicted molar refractivity (Wildman–Crippen MR) is 108 cm³/mol. The van der Waals surface area contributed by atoms with Crippen molar-refractivity contribution in [3.8, 4) is 0 Å². The number of amides is 1. The third-order valence-corrected chi connectivity index (χ3v) is 4.45. The second-order valence-corrected chi connectivity index (χ2v) is 6.57. The molecule has 0 aliphatic carbocycles. The van der Waals surface area contributed by atoms with Crippen molar-refractivity contribution in [2.75, 3.05) is 11.9 Å². The van der Waals surface area contributed by atoms with Gasteiger partial charge in [-0.05, 0) is 35.7 Å². The minimum atomic E-state index is -0.194. The zero-order valence-corrected chi connectivity index (χ0v) is 15.3. The van der Waals surface area contributed by atoms with Gasteiger partial charge in [0.25, 0.3) is 0 Å². The summed E-state index contributed by atoms with van der Waals surface area (Å²) in [7, 11) is 0. The number of anilines is 1. The molecule has 0 unspecified atom stereocenters. The molecule has 1 amide bonds. The van der Waals surface area contributed by atoms with Gasteiger partial charge in [-0.3, -0.25) is 4.79 Å². The number of halogens is 1. The van der Waals surface area contributed by atoms with Crippen molar-refractivity contribution in [3.05, 3.63) is 101 Å². The summed E-state index contributed by atoms with van der Waals surface area (Å²) in [4.78, 5) is 12.5. The van der Waals surface area contributed by atoms with Gasteiger partial charge in [-0.15, -0.1) is 0 Å². The number of hydrogen-bond acceptors (Lipinski definition) is 2. The van der Waals surface area contributed by atoms with Gasteiger partial charge in [0.15, 0.2) is 0 Å². The fourth-order valence-electron chi connectivity index (χ4n) is 2.80. The van der Waals surface area contributed by atoms with Crippen LogP contribution in [0.15, 0.2) is 78.9 Å². The Morgan fingerprint density at radius 1 is 0.923 bits per heavy atom. The van der Waals surface area contributed by atoms with E-state index in [1.807, 2.05) is 85.8 Å². The molecule has 0 radical (unpaired) electrons. The molecule has 3 aromatic rings. The number of benzene rings is 3. The molecule has 0 aromatic heterocycles. The largest absolute Gasteiger partial charge is 0.375 e. The first kappa shape index (κ1) is 18.0. The Balaban J connectivity index is 1.71. The number of carbonyl (C=O) groups excluding carboxylic acids is 1. The Kier molecular flexibility index (Phi) is 5.92. The van der Waals surface area contributed by atoms with E-state index in [0.717, 1.165) is 22.4 Å². The Morgan fingerprint density at radius 3 is 2.04 bits per heavy atom. The van der Waals surface area contributed by atoms with Gasteiger partial charge in [-0.2, -0.15) is 0 Å². The molecule has 0 saturated heterocycles. The van der Waals surface area contributed by atoms with E-state index in [-0.39, 0.29) is 18.5 Å². The van der Waals surface area contributed by atoms with Crippen molar-refractivity contribution in [2.45, 2.75) is 13.0 Å². The van der Waals surface area contributed by atoms with Crippen LogP contribution in [0, 0.1) is 6.92 Å². The molecule has 4 heteroatoms. The van der Waals surface area contributed by atoms with Gasteiger partial charge in [0.05, 0.1) is 23.3 Å². The standard InChI is InChI=1S/C22H21ClN2O/c1-16-12-13-20(19(23)14-16)24-15-21(26)25-22(17-8-4-2-5-9-17)18-10-6-3-7-11-18/h2-14,22,24H,15H2,1H3,(H,25,26). The maximum absolute atomic E-state index is 12.5. The number of aryl methyl sites for hydroxylation is 1. The van der Waals surface area contributed by atoms with Gasteiger partial charge in [0, 0.05) is 0 Å². The molecule has 26 heavy (non-hydrogen) atoms. The van der Waals surface area contributed by atoms with Crippen molar-refractivity contribution in [2.24, 2.45) is 0 Å². The molecule has 3 rings (SSSR count). The molecule has 2 N–H and O–H groups in total. The summed E-state index contributed by atoms with van der Waals surface area (Å²) in [5.74, 6) is -0.0978. The van der Waals surface area contributed by atoms with E-state index in [1.165, 1.54) is 0 Å². The maximum Gasteiger partial charge on any atom is 0.240 e. The first-order valence-corrected chi connectivity index (χ1v) is 8.90. The van der Waals surface area contributed by atoms with E-state index in [2.05, 4.69) is 10.6 Å². The van der Waals surface area contributed by atoms with Crippen LogP contribution in [0.25, 0.3) is 0 Å². The average Bonchev–Trinajstić information content (AvgIpc) is 2.67. The molecule has 3 nitrogen and oxygen atoms in total. The predicted octanol–water partition coefficient (Wildman–Crippen LogP) is 4.97. The van der Waals surface area contributed by atoms with Crippen molar-refractivity contribution in [1.29, 1.82) is 0 Å². The molecule has 0 aliphatic heterocycles. The van der Waals surface area contributed by atoms with Crippen LogP contribution in [-0.2, 0) is 4.79 Å². The summed E-state index contributed by atoms with van der Waals surface area (Å²) in [5, 5.41) is 6.82. The van der Waals surface area contributed by atoms with Crippen LogP contribution in [0.3, 0.4) is 0 Å². The van der Waals surface area contributed by atoms with Crippen molar-refractivity contribution in [1.82, 2.24) is 5.32 Å². The van der Waals surface area contributed by atoms with E-state index in [0.29, 0.717) is 5.02 Å². The van der Waals surface area contributed by atoms with E-state index >= 15 is 0 Å². The summed E-state index contributed by atoms with van der Waals surface area (Å²) < 4.78 is 0. The van der Waals surface area contributed by atoms with Gasteiger partial charge in [0.2, 0.25) is 5.91 Å². The van der Waals surface area contributed by atoms with Gasteiger partial charge >= 0.3 is 0 Å². The third kappa shape index (κ3) is 4.64. The van der Waals surface area contributed by atoms with E-state index in [9.17, 15) is 4.79 Å². The fraction of sp³-hybridized carbons (Fsp3) is 0.136. The molecule has 0 heterocycles. The Morgan fingerprint density at radius 2 is 1.50 bits per heavy atom. The lowest BCUT2D eigenvalue weighted by Crippen LogP contribution is -2.34. The SMILES string of the molecule is Cc1ccc(NCC(=O)NC(c2ccccc2)c2ccccc2)c(Cl)c1. The van der Waals surface area contributed by atoms with Crippen molar-refractivity contribution < 1.29 is 4.79 Å². The highest BCUT2D eigenvalue weighted by Crippen LogP contribution is 2.23. The van der Waals surface area contributed by atoms with Crippen LogP contribution in [0.2, 0.25) is 5.02 Å². The summed E-state index contributed by atoms with van der Waals surface area (Å²) in [6.07, 6.45) is 0. The molecule has 0 fully saturated rings. The summed E-state index contributed by atoms with van der Waals surface area (Å²) in [6, 6.07) is 25.4. The molecule has 0 aliphatic rings. The van der Waals surface area contributed by atoms with E-state index in [4.69, 9.17) is 11.6 Å². The van der Waals surface area contributed by atoms with Gasteiger partial charge < -0.3 is 10.6 Å². The molecule has 3 aromatic carbocycles. The zero-order valence-electron chi connectivity index (χ0n) is 14.6. The van der Waals surface area contributed by atoms with Crippen LogP contribution >= 0.6 is 11.6 Å². The zero-order chi connectivity index (χ0) is 18.4. The molecule has 0 saturated carbocycles. The lowest BCUT2D eigenvalue weighted by Gasteiger charge is -2.20. The highest BCUT2D eigenvalue weighted by molar-refractivity contribution is 6.33. The van der Waals surface area contributed by atoms with Gasteiger partial charge in [0.1, 0.15) is 0 Å². The summed E-state index contributed by atoms with van der Waals surface area (Å²) in [6.45, 7) is 2.13. The molecular formula is C22H21ClN2O. The lowest BCUT2D eigenvalue weighted by atomic mass is 9.99. The smallest absolute Gasteiger partial charge is 0.240 e. The van der Waals surface area contributed by atoms with Gasteiger partial charge in [-0.25, -0.2) is 0 Å². The second-order valence-electron chi connectivity index (χ2n) is 6.16. The van der Waals surface area contributed by atoms with Crippen LogP contribution in [0.1, 0.15) is 22.7 Å². The molecule has 0 bridgehead atoms. The first-order valence-electron chi connectivity index (χ1n) is 8.53. The Hall–Kier alpha value is -2.78. The third-order valence-electron chi connectivity index (χ3n) is 4.14. The highest BCUT2D eigenvalue weighted by atomic mass is 35.5. The monoisotopic (exact) mass is 364 g/mol. The Labute approximate surface area is 159 Å². The Bertz CT molecular complexity index is 826. The highest BCUT2D eigenvalue weighted by Gasteiger charge is 2.16. The van der Waals surface area contributed by atoms with E-state index in [1.54, 1.807) is 0 Å². The topological polar surface area (TPSA) is 41.1 Å². The van der Waals surface area contributed by atoms with Crippen LogP contribution < -0.4 is 10.6 Å². The van der Waals surface area contributed by atoms with Crippen LogP contribution in [-0.4, -0.2) is 12.5 Å². The van der Waals surface area contributed by atoms with E-state index < -0.39 is 0 Å². The van der Waals surface area contributed by atoms with Crippen LogP contribution in [0.4, 0.5) is 5.69 Å². The quantitative estimate of drug-likeness (QED) is 0.648. The number of rotatable bonds is 6. The maximum atomic E-state index is 12.5. The average molecular weight is 365 g/mol. The molecule has 0 atom stereocenters. The normalized spacial score (nSPS) is 10.6. The second kappa shape index (κ2) is 8.54. The van der Waals surface area contributed by atoms with Crippen molar-refractivity contribution >= 4 is 23.2 Å². The van der Waals surface area contributed by atoms with Crippen molar-refractivity contribution in [3.63, 3.8) is 0 Å². The minimum Gasteiger partial charge on any atom is -0.375 e. The fourth-order valence-corrected chi connectivity index (χ4v) is 3.10.